The number of rotatable bonds is 6. The summed E-state index contributed by atoms with van der Waals surface area (Å²) in [5.74, 6) is 1.20. The van der Waals surface area contributed by atoms with Crippen molar-refractivity contribution in [2.75, 3.05) is 7.11 Å². The van der Waals surface area contributed by atoms with Gasteiger partial charge in [0.2, 0.25) is 0 Å². The number of para-hydroxylation sites is 1. The molecule has 3 heteroatoms. The lowest BCUT2D eigenvalue weighted by atomic mass is 10.1. The van der Waals surface area contributed by atoms with Crippen molar-refractivity contribution in [2.24, 2.45) is 5.92 Å². The molecule has 0 atom stereocenters. The van der Waals surface area contributed by atoms with Gasteiger partial charge >= 0.3 is 0 Å². The van der Waals surface area contributed by atoms with Crippen LogP contribution >= 0.6 is 0 Å². The highest BCUT2D eigenvalue weighted by molar-refractivity contribution is 5.94. The lowest BCUT2D eigenvalue weighted by molar-refractivity contribution is 0.0950. The zero-order chi connectivity index (χ0) is 16.7. The van der Waals surface area contributed by atoms with Gasteiger partial charge in [0.1, 0.15) is 5.75 Å². The van der Waals surface area contributed by atoms with Crippen LogP contribution in [0.3, 0.4) is 0 Å². The molecule has 0 aliphatic carbocycles. The molecule has 0 fully saturated rings. The highest BCUT2D eigenvalue weighted by Crippen LogP contribution is 2.17. The van der Waals surface area contributed by atoms with Gasteiger partial charge in [0.15, 0.2) is 0 Å². The standard InChI is InChI=1S/C20H23NO2/c1-15(2)8-9-16-10-12-17(13-11-16)20(22)21-14-18-6-4-5-7-19(18)23-3/h4-13,15H,14H2,1-3H3,(H,21,22). The van der Waals surface area contributed by atoms with Crippen LogP contribution in [-0.2, 0) is 6.54 Å². The fourth-order valence-electron chi connectivity index (χ4n) is 2.18. The average Bonchev–Trinajstić information content (AvgIpc) is 2.58. The van der Waals surface area contributed by atoms with E-state index in [4.69, 9.17) is 4.74 Å². The van der Waals surface area contributed by atoms with Crippen molar-refractivity contribution in [1.29, 1.82) is 0 Å². The number of carbonyl (C=O) groups is 1. The molecule has 1 N–H and O–H groups in total. The number of nitrogens with one attached hydrogen (secondary N) is 1. The van der Waals surface area contributed by atoms with Crippen LogP contribution in [0.25, 0.3) is 6.08 Å². The van der Waals surface area contributed by atoms with Crippen molar-refractivity contribution in [3.05, 3.63) is 71.3 Å². The number of carbonyl (C=O) groups excluding carboxylic acids is 1. The summed E-state index contributed by atoms with van der Waals surface area (Å²) in [4.78, 5) is 12.2. The van der Waals surface area contributed by atoms with Gasteiger partial charge in [-0.25, -0.2) is 0 Å². The quantitative estimate of drug-likeness (QED) is 0.864. The van der Waals surface area contributed by atoms with E-state index in [1.165, 1.54) is 0 Å². The van der Waals surface area contributed by atoms with Crippen molar-refractivity contribution >= 4 is 12.0 Å². The highest BCUT2D eigenvalue weighted by atomic mass is 16.5. The first-order valence-electron chi connectivity index (χ1n) is 7.78. The highest BCUT2D eigenvalue weighted by Gasteiger charge is 2.07. The van der Waals surface area contributed by atoms with Gasteiger partial charge in [0.25, 0.3) is 5.91 Å². The predicted octanol–water partition coefficient (Wildman–Crippen LogP) is 4.29. The van der Waals surface area contributed by atoms with E-state index >= 15 is 0 Å². The SMILES string of the molecule is COc1ccccc1CNC(=O)c1ccc(C=CC(C)C)cc1. The van der Waals surface area contributed by atoms with Crippen LogP contribution in [0.1, 0.15) is 35.3 Å². The van der Waals surface area contributed by atoms with Crippen LogP contribution < -0.4 is 10.1 Å². The van der Waals surface area contributed by atoms with E-state index in [0.29, 0.717) is 18.0 Å². The molecule has 0 unspecified atom stereocenters. The molecule has 23 heavy (non-hydrogen) atoms. The fraction of sp³-hybridized carbons (Fsp3) is 0.250. The molecule has 0 aromatic heterocycles. The Morgan fingerprint density at radius 3 is 2.48 bits per heavy atom. The summed E-state index contributed by atoms with van der Waals surface area (Å²) in [5, 5.41) is 2.92. The predicted molar refractivity (Wildman–Crippen MR) is 94.5 cm³/mol. The van der Waals surface area contributed by atoms with Gasteiger partial charge in [0.05, 0.1) is 7.11 Å². The summed E-state index contributed by atoms with van der Waals surface area (Å²) >= 11 is 0. The second-order valence-corrected chi connectivity index (χ2v) is 5.72. The molecule has 2 aromatic rings. The van der Waals surface area contributed by atoms with E-state index in [0.717, 1.165) is 16.9 Å². The zero-order valence-corrected chi connectivity index (χ0v) is 13.9. The Morgan fingerprint density at radius 2 is 1.83 bits per heavy atom. The van der Waals surface area contributed by atoms with Crippen molar-refractivity contribution in [3.63, 3.8) is 0 Å². The molecule has 0 radical (unpaired) electrons. The molecule has 1 amide bonds. The first-order chi connectivity index (χ1) is 11.1. The van der Waals surface area contributed by atoms with Gasteiger partial charge in [-0.2, -0.15) is 0 Å². The third-order valence-electron chi connectivity index (χ3n) is 3.48. The monoisotopic (exact) mass is 309 g/mol. The molecule has 0 bridgehead atoms. The number of amides is 1. The van der Waals surface area contributed by atoms with Crippen LogP contribution in [-0.4, -0.2) is 13.0 Å². The van der Waals surface area contributed by atoms with Gasteiger partial charge in [-0.3, -0.25) is 4.79 Å². The summed E-state index contributed by atoms with van der Waals surface area (Å²) in [6.07, 6.45) is 4.21. The summed E-state index contributed by atoms with van der Waals surface area (Å²) in [6.45, 7) is 4.71. The first kappa shape index (κ1) is 16.8. The summed E-state index contributed by atoms with van der Waals surface area (Å²) in [7, 11) is 1.63. The third kappa shape index (κ3) is 4.99. The van der Waals surface area contributed by atoms with Gasteiger partial charge in [-0.1, -0.05) is 56.3 Å². The van der Waals surface area contributed by atoms with Crippen LogP contribution in [0.5, 0.6) is 5.75 Å². The molecule has 0 saturated carbocycles. The molecule has 0 saturated heterocycles. The van der Waals surface area contributed by atoms with Gasteiger partial charge in [-0.15, -0.1) is 0 Å². The number of hydrogen-bond acceptors (Lipinski definition) is 2. The summed E-state index contributed by atoms with van der Waals surface area (Å²) in [6, 6.07) is 15.3. The minimum Gasteiger partial charge on any atom is -0.496 e. The van der Waals surface area contributed by atoms with Crippen LogP contribution in [0.15, 0.2) is 54.6 Å². The van der Waals surface area contributed by atoms with Gasteiger partial charge in [-0.05, 0) is 29.7 Å². The summed E-state index contributed by atoms with van der Waals surface area (Å²) < 4.78 is 5.29. The van der Waals surface area contributed by atoms with Crippen molar-refractivity contribution in [3.8, 4) is 5.75 Å². The largest absolute Gasteiger partial charge is 0.496 e. The Hall–Kier alpha value is -2.55. The van der Waals surface area contributed by atoms with E-state index in [9.17, 15) is 4.79 Å². The second-order valence-electron chi connectivity index (χ2n) is 5.72. The fourth-order valence-corrected chi connectivity index (χ4v) is 2.18. The Balaban J connectivity index is 1.98. The van der Waals surface area contributed by atoms with Crippen LogP contribution in [0.2, 0.25) is 0 Å². The van der Waals surface area contributed by atoms with Crippen LogP contribution in [0, 0.1) is 5.92 Å². The molecular formula is C20H23NO2. The molecule has 2 rings (SSSR count). The molecule has 0 heterocycles. The number of hydrogen-bond donors (Lipinski definition) is 1. The summed E-state index contributed by atoms with van der Waals surface area (Å²) in [5.41, 5.74) is 2.71. The average molecular weight is 309 g/mol. The number of methoxy groups -OCH3 is 1. The normalized spacial score (nSPS) is 11.0. The molecule has 2 aromatic carbocycles. The second kappa shape index (κ2) is 8.18. The first-order valence-corrected chi connectivity index (χ1v) is 7.78. The lowest BCUT2D eigenvalue weighted by Gasteiger charge is -2.09. The van der Waals surface area contributed by atoms with E-state index in [1.807, 2.05) is 48.5 Å². The topological polar surface area (TPSA) is 38.3 Å². The minimum atomic E-state index is -0.0877. The smallest absolute Gasteiger partial charge is 0.251 e. The maximum atomic E-state index is 12.2. The molecular weight excluding hydrogens is 286 g/mol. The molecule has 3 nitrogen and oxygen atoms in total. The van der Waals surface area contributed by atoms with E-state index in [-0.39, 0.29) is 5.91 Å². The van der Waals surface area contributed by atoms with E-state index < -0.39 is 0 Å². The lowest BCUT2D eigenvalue weighted by Crippen LogP contribution is -2.22. The van der Waals surface area contributed by atoms with Crippen molar-refractivity contribution < 1.29 is 9.53 Å². The van der Waals surface area contributed by atoms with E-state index in [2.05, 4.69) is 31.3 Å². The van der Waals surface area contributed by atoms with Crippen molar-refractivity contribution in [1.82, 2.24) is 5.32 Å². The van der Waals surface area contributed by atoms with Crippen molar-refractivity contribution in [2.45, 2.75) is 20.4 Å². The Labute approximate surface area is 138 Å². The number of ether oxygens (including phenoxy) is 1. The maximum absolute atomic E-state index is 12.2. The molecule has 0 spiro atoms. The zero-order valence-electron chi connectivity index (χ0n) is 13.9. The van der Waals surface area contributed by atoms with E-state index in [1.54, 1.807) is 7.11 Å². The van der Waals surface area contributed by atoms with Gasteiger partial charge in [0, 0.05) is 17.7 Å². The number of benzene rings is 2. The molecule has 0 aliphatic heterocycles. The number of allylic oxidation sites excluding steroid dienone is 1. The Bertz CT molecular complexity index is 672. The minimum absolute atomic E-state index is 0.0877. The Kier molecular flexibility index (Phi) is 5.98. The van der Waals surface area contributed by atoms with Gasteiger partial charge < -0.3 is 10.1 Å². The molecule has 0 aliphatic rings. The van der Waals surface area contributed by atoms with Crippen LogP contribution in [0.4, 0.5) is 0 Å². The maximum Gasteiger partial charge on any atom is 0.251 e. The molecule has 120 valence electrons. The Morgan fingerprint density at radius 1 is 1.13 bits per heavy atom. The third-order valence-corrected chi connectivity index (χ3v) is 3.48.